The number of carbonyl (C=O) groups is 2. The number of amides is 1. The Balaban J connectivity index is 2.44. The van der Waals surface area contributed by atoms with Gasteiger partial charge in [0.1, 0.15) is 17.8 Å². The zero-order chi connectivity index (χ0) is 19.6. The van der Waals surface area contributed by atoms with Crippen molar-refractivity contribution in [3.05, 3.63) is 31.9 Å². The van der Waals surface area contributed by atoms with Crippen LogP contribution >= 0.6 is 0 Å². The number of nitrogens with two attached hydrogens (primary N) is 1. The largest absolute Gasteiger partial charge is 0.490 e. The van der Waals surface area contributed by atoms with Crippen LogP contribution in [0.25, 0.3) is 0 Å². The number of ether oxygens (including phenoxy) is 1. The number of methoxy groups -OCH3 is 1. The number of fused-ring (bicyclic) bond motifs is 1. The Kier molecular flexibility index (Phi) is 5.35. The van der Waals surface area contributed by atoms with Crippen molar-refractivity contribution in [2.24, 2.45) is 5.73 Å². The van der Waals surface area contributed by atoms with Gasteiger partial charge in [0.25, 0.3) is 5.69 Å². The molecule has 0 unspecified atom stereocenters. The van der Waals surface area contributed by atoms with Crippen LogP contribution < -0.4 is 15.4 Å². The highest BCUT2D eigenvalue weighted by Crippen LogP contribution is 2.47. The molecule has 0 aromatic heterocycles. The van der Waals surface area contributed by atoms with Gasteiger partial charge >= 0.3 is 11.7 Å². The fraction of sp³-hybridized carbons (Fsp3) is 0.429. The molecule has 12 nitrogen and oxygen atoms in total. The van der Waals surface area contributed by atoms with E-state index in [1.807, 2.05) is 0 Å². The summed E-state index contributed by atoms with van der Waals surface area (Å²) in [5, 5.41) is 31.3. The van der Waals surface area contributed by atoms with Gasteiger partial charge in [0.05, 0.1) is 17.0 Å². The van der Waals surface area contributed by atoms with Gasteiger partial charge in [-0.15, -0.1) is 0 Å². The second-order valence-corrected chi connectivity index (χ2v) is 5.57. The molecule has 12 heteroatoms. The molecule has 0 aliphatic carbocycles. The maximum atomic E-state index is 12.4. The molecule has 0 saturated carbocycles. The number of carboxylic acid groups (broad SMARTS) is 1. The van der Waals surface area contributed by atoms with Gasteiger partial charge in [-0.2, -0.15) is 0 Å². The lowest BCUT2D eigenvalue weighted by Crippen LogP contribution is -2.34. The maximum Gasteiger partial charge on any atom is 0.320 e. The van der Waals surface area contributed by atoms with Gasteiger partial charge in [0.15, 0.2) is 0 Å². The minimum absolute atomic E-state index is 0.0636. The summed E-state index contributed by atoms with van der Waals surface area (Å²) in [7, 11) is 1.20. The van der Waals surface area contributed by atoms with Crippen LogP contribution in [-0.2, 0) is 16.0 Å². The summed E-state index contributed by atoms with van der Waals surface area (Å²) in [6, 6.07) is -0.478. The number of benzene rings is 1. The van der Waals surface area contributed by atoms with Crippen molar-refractivity contribution in [2.45, 2.75) is 25.3 Å². The molecule has 1 amide bonds. The number of hydrogen-bond donors (Lipinski definition) is 2. The van der Waals surface area contributed by atoms with Crippen LogP contribution in [0.3, 0.4) is 0 Å². The average molecular weight is 368 g/mol. The predicted octanol–water partition coefficient (Wildman–Crippen LogP) is 0.593. The SMILES string of the molecule is COc1c([N+](=O)[O-])cc([N+](=O)[O-])c2c1CCN2C(=O)CC[C@H](N)C(=O)O. The molecule has 1 aromatic carbocycles. The Labute approximate surface area is 146 Å². The quantitative estimate of drug-likeness (QED) is 0.514. The number of anilines is 1. The highest BCUT2D eigenvalue weighted by molar-refractivity contribution is 5.99. The minimum Gasteiger partial charge on any atom is -0.490 e. The standard InChI is InChI=1S/C14H16N4O8/c1-26-13-7-4-5-16(11(19)3-2-8(15)14(20)21)12(7)9(17(22)23)6-10(13)18(24)25/h6,8H,2-5,15H2,1H3,(H,20,21)/t8-/m0/s1. The first kappa shape index (κ1) is 19.1. The third-order valence-electron chi connectivity index (χ3n) is 4.05. The van der Waals surface area contributed by atoms with Gasteiger partial charge in [-0.05, 0) is 12.8 Å². The monoisotopic (exact) mass is 368 g/mol. The second-order valence-electron chi connectivity index (χ2n) is 5.57. The van der Waals surface area contributed by atoms with Crippen LogP contribution in [0, 0.1) is 20.2 Å². The summed E-state index contributed by atoms with van der Waals surface area (Å²) in [6.07, 6.45) is -0.237. The second kappa shape index (κ2) is 7.31. The fourth-order valence-electron chi connectivity index (χ4n) is 2.84. The van der Waals surface area contributed by atoms with Gasteiger partial charge < -0.3 is 20.5 Å². The Morgan fingerprint density at radius 2 is 1.96 bits per heavy atom. The van der Waals surface area contributed by atoms with E-state index >= 15 is 0 Å². The van der Waals surface area contributed by atoms with E-state index in [4.69, 9.17) is 15.6 Å². The molecular formula is C14H16N4O8. The lowest BCUT2D eigenvalue weighted by atomic mass is 10.1. The lowest BCUT2D eigenvalue weighted by Gasteiger charge is -2.18. The van der Waals surface area contributed by atoms with E-state index in [0.29, 0.717) is 0 Å². The molecule has 26 heavy (non-hydrogen) atoms. The predicted molar refractivity (Wildman–Crippen MR) is 87.2 cm³/mol. The first-order chi connectivity index (χ1) is 12.2. The van der Waals surface area contributed by atoms with E-state index in [1.54, 1.807) is 0 Å². The zero-order valence-corrected chi connectivity index (χ0v) is 13.7. The van der Waals surface area contributed by atoms with Gasteiger partial charge in [0, 0.05) is 18.5 Å². The first-order valence-corrected chi connectivity index (χ1v) is 7.50. The number of nitrogens with zero attached hydrogens (tertiary/aromatic N) is 3. The average Bonchev–Trinajstić information content (AvgIpc) is 3.02. The topological polar surface area (TPSA) is 179 Å². The van der Waals surface area contributed by atoms with Crippen LogP contribution in [0.1, 0.15) is 18.4 Å². The molecule has 1 aromatic rings. The molecule has 1 atom stereocenters. The van der Waals surface area contributed by atoms with Gasteiger partial charge in [-0.25, -0.2) is 0 Å². The third kappa shape index (κ3) is 3.39. The highest BCUT2D eigenvalue weighted by Gasteiger charge is 2.39. The smallest absolute Gasteiger partial charge is 0.320 e. The molecular weight excluding hydrogens is 352 g/mol. The highest BCUT2D eigenvalue weighted by atomic mass is 16.6. The van der Waals surface area contributed by atoms with Gasteiger partial charge in [-0.3, -0.25) is 29.8 Å². The molecule has 140 valence electrons. The van der Waals surface area contributed by atoms with Crippen LogP contribution in [0.15, 0.2) is 6.07 Å². The third-order valence-corrected chi connectivity index (χ3v) is 4.05. The number of nitro benzene ring substituents is 2. The van der Waals surface area contributed by atoms with Crippen molar-refractivity contribution in [2.75, 3.05) is 18.6 Å². The fourth-order valence-corrected chi connectivity index (χ4v) is 2.84. The Morgan fingerprint density at radius 3 is 2.46 bits per heavy atom. The summed E-state index contributed by atoms with van der Waals surface area (Å²) in [5.41, 5.74) is 4.36. The molecule has 0 bridgehead atoms. The minimum atomic E-state index is -1.26. The van der Waals surface area contributed by atoms with Crippen LogP contribution in [0.2, 0.25) is 0 Å². The number of nitro groups is 2. The Morgan fingerprint density at radius 1 is 1.35 bits per heavy atom. The molecule has 1 aliphatic heterocycles. The lowest BCUT2D eigenvalue weighted by molar-refractivity contribution is -0.394. The van der Waals surface area contributed by atoms with E-state index < -0.39 is 39.1 Å². The molecule has 3 N–H and O–H groups in total. The normalized spacial score (nSPS) is 13.8. The van der Waals surface area contributed by atoms with E-state index in [9.17, 15) is 29.8 Å². The van der Waals surface area contributed by atoms with E-state index in [0.717, 1.165) is 11.0 Å². The molecule has 1 aliphatic rings. The summed E-state index contributed by atoms with van der Waals surface area (Å²) in [4.78, 5) is 45.2. The first-order valence-electron chi connectivity index (χ1n) is 7.50. The molecule has 0 spiro atoms. The summed E-state index contributed by atoms with van der Waals surface area (Å²) >= 11 is 0. The molecule has 0 radical (unpaired) electrons. The van der Waals surface area contributed by atoms with Crippen molar-refractivity contribution < 1.29 is 29.3 Å². The maximum absolute atomic E-state index is 12.4. The van der Waals surface area contributed by atoms with E-state index in [-0.39, 0.29) is 42.8 Å². The van der Waals surface area contributed by atoms with Crippen molar-refractivity contribution in [3.8, 4) is 5.75 Å². The zero-order valence-electron chi connectivity index (χ0n) is 13.7. The molecule has 0 saturated heterocycles. The number of carboxylic acids is 1. The molecule has 1 heterocycles. The van der Waals surface area contributed by atoms with Gasteiger partial charge in [-0.1, -0.05) is 0 Å². The number of carbonyl (C=O) groups excluding carboxylic acids is 1. The van der Waals surface area contributed by atoms with E-state index in [1.165, 1.54) is 7.11 Å². The Bertz CT molecular complexity index is 794. The van der Waals surface area contributed by atoms with Crippen LogP contribution in [0.5, 0.6) is 5.75 Å². The summed E-state index contributed by atoms with van der Waals surface area (Å²) in [5.74, 6) is -1.95. The van der Waals surface area contributed by atoms with Crippen molar-refractivity contribution in [1.82, 2.24) is 0 Å². The van der Waals surface area contributed by atoms with Crippen molar-refractivity contribution in [1.29, 1.82) is 0 Å². The van der Waals surface area contributed by atoms with Gasteiger partial charge in [0.2, 0.25) is 11.7 Å². The molecule has 0 fully saturated rings. The summed E-state index contributed by atoms with van der Waals surface area (Å²) < 4.78 is 5.04. The number of rotatable bonds is 7. The van der Waals surface area contributed by atoms with Crippen LogP contribution in [0.4, 0.5) is 17.1 Å². The molecule has 2 rings (SSSR count). The summed E-state index contributed by atoms with van der Waals surface area (Å²) in [6.45, 7) is 0.0643. The van der Waals surface area contributed by atoms with Crippen molar-refractivity contribution >= 4 is 28.9 Å². The number of aliphatic carboxylic acids is 1. The number of hydrogen-bond acceptors (Lipinski definition) is 8. The van der Waals surface area contributed by atoms with Crippen LogP contribution in [-0.4, -0.2) is 46.5 Å². The van der Waals surface area contributed by atoms with Crippen molar-refractivity contribution in [3.63, 3.8) is 0 Å². The Hall–Kier alpha value is -3.28. The van der Waals surface area contributed by atoms with E-state index in [2.05, 4.69) is 0 Å².